The second-order valence-corrected chi connectivity index (χ2v) is 3.48. The van der Waals surface area contributed by atoms with Crippen LogP contribution in [0.3, 0.4) is 0 Å². The summed E-state index contributed by atoms with van der Waals surface area (Å²) in [4.78, 5) is 10.4. The first-order valence-electron chi connectivity index (χ1n) is 4.80. The summed E-state index contributed by atoms with van der Waals surface area (Å²) >= 11 is 0. The second kappa shape index (κ2) is 4.91. The lowest BCUT2D eigenvalue weighted by Gasteiger charge is -2.20. The molecule has 0 aromatic carbocycles. The first-order chi connectivity index (χ1) is 6.60. The van der Waals surface area contributed by atoms with Gasteiger partial charge in [0.05, 0.1) is 6.10 Å². The number of rotatable bonds is 4. The van der Waals surface area contributed by atoms with E-state index >= 15 is 0 Å². The Balaban J connectivity index is 2.55. The second-order valence-electron chi connectivity index (χ2n) is 3.48. The lowest BCUT2D eigenvalue weighted by molar-refractivity contribution is -0.124. The molecule has 0 saturated carbocycles. The van der Waals surface area contributed by atoms with Gasteiger partial charge in [0.2, 0.25) is 0 Å². The topological polar surface area (TPSA) is 55.8 Å². The number of aliphatic hydroxyl groups excluding tert-OH is 1. The lowest BCUT2D eigenvalue weighted by Crippen LogP contribution is -2.38. The van der Waals surface area contributed by atoms with E-state index in [0.717, 1.165) is 0 Å². The van der Waals surface area contributed by atoms with E-state index in [0.29, 0.717) is 12.7 Å². The molecule has 78 valence electrons. The molecular weight excluding hydrogens is 183 g/mol. The van der Waals surface area contributed by atoms with Crippen LogP contribution in [0.5, 0.6) is 0 Å². The minimum Gasteiger partial charge on any atom is -0.388 e. The van der Waals surface area contributed by atoms with E-state index in [9.17, 15) is 9.90 Å². The average molecular weight is 198 g/mol. The molecule has 2 radical (unpaired) electrons. The molecule has 4 nitrogen and oxygen atoms in total. The molecule has 1 fully saturated rings. The van der Waals surface area contributed by atoms with Crippen LogP contribution in [0.4, 0.5) is 0 Å². The fraction of sp³-hybridized carbons (Fsp3) is 0.889. The molecule has 0 spiro atoms. The standard InChI is InChI=1S/C9H15BO4/c1-3-6-7(12)8(9(10)14-6)13-5(2)4-11/h4-9,12H,3H2,1-2H3/t5-,6-,7?,8+,9-/m1/s1. The predicted molar refractivity (Wildman–Crippen MR) is 51.1 cm³/mol. The normalized spacial score (nSPS) is 39.6. The smallest absolute Gasteiger partial charge is 0.148 e. The van der Waals surface area contributed by atoms with Gasteiger partial charge in [-0.25, -0.2) is 0 Å². The van der Waals surface area contributed by atoms with Crippen LogP contribution in [0.25, 0.3) is 0 Å². The van der Waals surface area contributed by atoms with Gasteiger partial charge in [-0.2, -0.15) is 0 Å². The van der Waals surface area contributed by atoms with E-state index in [1.807, 2.05) is 6.92 Å². The summed E-state index contributed by atoms with van der Waals surface area (Å²) in [6.45, 7) is 3.50. The number of hydrogen-bond acceptors (Lipinski definition) is 4. The van der Waals surface area contributed by atoms with E-state index < -0.39 is 24.3 Å². The third-order valence-corrected chi connectivity index (χ3v) is 2.34. The zero-order valence-electron chi connectivity index (χ0n) is 8.42. The van der Waals surface area contributed by atoms with Crippen molar-refractivity contribution in [2.45, 2.75) is 50.7 Å². The highest BCUT2D eigenvalue weighted by Gasteiger charge is 2.41. The van der Waals surface area contributed by atoms with Crippen molar-refractivity contribution in [1.29, 1.82) is 0 Å². The Morgan fingerprint density at radius 2 is 2.36 bits per heavy atom. The van der Waals surface area contributed by atoms with Crippen LogP contribution in [0, 0.1) is 0 Å². The summed E-state index contributed by atoms with van der Waals surface area (Å²) in [6.07, 6.45) is -0.894. The Kier molecular flexibility index (Phi) is 4.10. The van der Waals surface area contributed by atoms with Crippen LogP contribution in [-0.4, -0.2) is 49.7 Å². The van der Waals surface area contributed by atoms with Crippen molar-refractivity contribution in [3.8, 4) is 0 Å². The molecule has 1 aliphatic rings. The summed E-state index contributed by atoms with van der Waals surface area (Å²) < 4.78 is 10.5. The zero-order valence-corrected chi connectivity index (χ0v) is 8.42. The molecule has 5 heteroatoms. The molecule has 0 amide bonds. The largest absolute Gasteiger partial charge is 0.388 e. The van der Waals surface area contributed by atoms with Gasteiger partial charge in [0.1, 0.15) is 32.4 Å². The van der Waals surface area contributed by atoms with Gasteiger partial charge >= 0.3 is 0 Å². The van der Waals surface area contributed by atoms with Crippen molar-refractivity contribution >= 4 is 14.1 Å². The molecule has 1 aliphatic heterocycles. The Morgan fingerprint density at radius 3 is 2.79 bits per heavy atom. The summed E-state index contributed by atoms with van der Waals surface area (Å²) in [5.41, 5.74) is 0. The maximum Gasteiger partial charge on any atom is 0.148 e. The molecule has 1 rings (SSSR count). The van der Waals surface area contributed by atoms with Crippen molar-refractivity contribution in [2.24, 2.45) is 0 Å². The molecular formula is C9H15BO4. The van der Waals surface area contributed by atoms with Gasteiger partial charge in [-0.05, 0) is 13.3 Å². The van der Waals surface area contributed by atoms with Crippen molar-refractivity contribution in [3.05, 3.63) is 0 Å². The number of aldehydes is 1. The van der Waals surface area contributed by atoms with Gasteiger partial charge in [-0.3, -0.25) is 0 Å². The highest BCUT2D eigenvalue weighted by Crippen LogP contribution is 2.24. The molecule has 0 aromatic heterocycles. The van der Waals surface area contributed by atoms with Crippen molar-refractivity contribution in [3.63, 3.8) is 0 Å². The summed E-state index contributed by atoms with van der Waals surface area (Å²) in [5.74, 6) is 0. The molecule has 5 atom stereocenters. The van der Waals surface area contributed by atoms with Gasteiger partial charge in [-0.15, -0.1) is 0 Å². The van der Waals surface area contributed by atoms with Crippen LogP contribution in [0.1, 0.15) is 20.3 Å². The average Bonchev–Trinajstić information content (AvgIpc) is 2.44. The third kappa shape index (κ3) is 2.35. The summed E-state index contributed by atoms with van der Waals surface area (Å²) in [7, 11) is 5.62. The van der Waals surface area contributed by atoms with Gasteiger partial charge in [0.15, 0.2) is 0 Å². The van der Waals surface area contributed by atoms with Crippen LogP contribution in [0.2, 0.25) is 0 Å². The number of carbonyl (C=O) groups is 1. The van der Waals surface area contributed by atoms with Gasteiger partial charge < -0.3 is 19.4 Å². The van der Waals surface area contributed by atoms with Gasteiger partial charge in [0.25, 0.3) is 0 Å². The summed E-state index contributed by atoms with van der Waals surface area (Å²) in [5, 5.41) is 9.72. The van der Waals surface area contributed by atoms with Crippen LogP contribution >= 0.6 is 0 Å². The molecule has 1 N–H and O–H groups in total. The molecule has 1 unspecified atom stereocenters. The fourth-order valence-corrected chi connectivity index (χ4v) is 1.54. The predicted octanol–water partition coefficient (Wildman–Crippen LogP) is -0.377. The molecule has 0 bridgehead atoms. The summed E-state index contributed by atoms with van der Waals surface area (Å²) in [6, 6.07) is -0.655. The van der Waals surface area contributed by atoms with E-state index in [-0.39, 0.29) is 6.10 Å². The van der Waals surface area contributed by atoms with Crippen molar-refractivity contribution < 1.29 is 19.4 Å². The number of ether oxygens (including phenoxy) is 2. The Bertz CT molecular complexity index is 199. The lowest BCUT2D eigenvalue weighted by atomic mass is 9.92. The quantitative estimate of drug-likeness (QED) is 0.494. The van der Waals surface area contributed by atoms with E-state index in [4.69, 9.17) is 17.3 Å². The molecule has 1 saturated heterocycles. The van der Waals surface area contributed by atoms with Crippen molar-refractivity contribution in [2.75, 3.05) is 0 Å². The SMILES string of the molecule is [B][C@@H]1O[C@H](CC)C(O)[C@@H]1O[C@H](C)C=O. The first-order valence-corrected chi connectivity index (χ1v) is 4.80. The monoisotopic (exact) mass is 198 g/mol. The van der Waals surface area contributed by atoms with E-state index in [1.165, 1.54) is 0 Å². The number of hydrogen-bond donors (Lipinski definition) is 1. The van der Waals surface area contributed by atoms with E-state index in [2.05, 4.69) is 0 Å². The minimum atomic E-state index is -0.752. The van der Waals surface area contributed by atoms with Gasteiger partial charge in [-0.1, -0.05) is 6.92 Å². The van der Waals surface area contributed by atoms with E-state index in [1.54, 1.807) is 6.92 Å². The fourth-order valence-electron chi connectivity index (χ4n) is 1.54. The molecule has 0 aromatic rings. The zero-order chi connectivity index (χ0) is 10.7. The van der Waals surface area contributed by atoms with Crippen molar-refractivity contribution in [1.82, 2.24) is 0 Å². The van der Waals surface area contributed by atoms with Crippen LogP contribution < -0.4 is 0 Å². The highest BCUT2D eigenvalue weighted by molar-refractivity contribution is 6.11. The Morgan fingerprint density at radius 1 is 1.71 bits per heavy atom. The molecule has 1 heterocycles. The molecule has 14 heavy (non-hydrogen) atoms. The Hall–Kier alpha value is -0.385. The maximum absolute atomic E-state index is 10.4. The highest BCUT2D eigenvalue weighted by atomic mass is 16.6. The first kappa shape index (κ1) is 11.7. The van der Waals surface area contributed by atoms with Crippen LogP contribution in [-0.2, 0) is 14.3 Å². The maximum atomic E-state index is 10.4. The number of aliphatic hydroxyl groups is 1. The Labute approximate surface area is 85.0 Å². The van der Waals surface area contributed by atoms with Crippen LogP contribution in [0.15, 0.2) is 0 Å². The third-order valence-electron chi connectivity index (χ3n) is 2.34. The van der Waals surface area contributed by atoms with Gasteiger partial charge in [0, 0.05) is 6.00 Å². The minimum absolute atomic E-state index is 0.297. The molecule has 0 aliphatic carbocycles. The number of carbonyl (C=O) groups excluding carboxylic acids is 1.